The molecule has 2 aliphatic rings. The minimum Gasteiger partial charge on any atom is -0.444 e. The summed E-state index contributed by atoms with van der Waals surface area (Å²) in [6.07, 6.45) is 0.228. The van der Waals surface area contributed by atoms with Crippen LogP contribution in [0.25, 0.3) is 0 Å². The average Bonchev–Trinajstić information content (AvgIpc) is 2.86. The maximum atomic E-state index is 14.5. The Hall–Kier alpha value is -1.82. The van der Waals surface area contributed by atoms with E-state index in [0.29, 0.717) is 44.2 Å². The zero-order valence-electron chi connectivity index (χ0n) is 14.5. The molecule has 132 valence electrons. The molecule has 3 rings (SSSR count). The highest BCUT2D eigenvalue weighted by molar-refractivity contribution is 5.90. The van der Waals surface area contributed by atoms with E-state index in [1.165, 1.54) is 11.0 Å². The fourth-order valence-corrected chi connectivity index (χ4v) is 3.25. The first-order chi connectivity index (χ1) is 11.3. The average molecular weight is 336 g/mol. The summed E-state index contributed by atoms with van der Waals surface area (Å²) in [7, 11) is 0. The number of halogens is 1. The molecule has 2 heterocycles. The van der Waals surface area contributed by atoms with Crippen molar-refractivity contribution in [2.45, 2.75) is 33.3 Å². The molecule has 1 aromatic carbocycles. The molecular weight excluding hydrogens is 311 g/mol. The first kappa shape index (κ1) is 17.0. The van der Waals surface area contributed by atoms with Crippen LogP contribution in [0.4, 0.5) is 20.6 Å². The van der Waals surface area contributed by atoms with Crippen LogP contribution in [0.1, 0.15) is 27.2 Å². The molecule has 0 radical (unpaired) electrons. The molecule has 0 spiro atoms. The minimum absolute atomic E-state index is 0.0758. The summed E-state index contributed by atoms with van der Waals surface area (Å²) in [5, 5.41) is 0. The number of amides is 1. The van der Waals surface area contributed by atoms with E-state index < -0.39 is 6.09 Å². The molecule has 0 unspecified atom stereocenters. The molecular formula is C18H25FN2O3. The highest BCUT2D eigenvalue weighted by Gasteiger charge is 2.35. The monoisotopic (exact) mass is 336 g/mol. The van der Waals surface area contributed by atoms with Gasteiger partial charge in [0.2, 0.25) is 0 Å². The van der Waals surface area contributed by atoms with Gasteiger partial charge >= 0.3 is 6.09 Å². The van der Waals surface area contributed by atoms with Gasteiger partial charge in [0.05, 0.1) is 31.1 Å². The first-order valence-electron chi connectivity index (χ1n) is 8.44. The van der Waals surface area contributed by atoms with Crippen LogP contribution in [-0.2, 0) is 9.47 Å². The van der Waals surface area contributed by atoms with Gasteiger partial charge in [-0.15, -0.1) is 0 Å². The van der Waals surface area contributed by atoms with E-state index in [4.69, 9.17) is 9.47 Å². The van der Waals surface area contributed by atoms with Crippen molar-refractivity contribution in [3.8, 4) is 0 Å². The second-order valence-corrected chi connectivity index (χ2v) is 7.62. The number of hydrogen-bond acceptors (Lipinski definition) is 4. The molecule has 2 saturated heterocycles. The van der Waals surface area contributed by atoms with Gasteiger partial charge in [-0.1, -0.05) is 20.8 Å². The Kier molecular flexibility index (Phi) is 4.67. The van der Waals surface area contributed by atoms with Crippen LogP contribution in [0.2, 0.25) is 0 Å². The number of carbonyl (C=O) groups is 1. The zero-order chi connectivity index (χ0) is 17.3. The lowest BCUT2D eigenvalue weighted by Crippen LogP contribution is -2.36. The van der Waals surface area contributed by atoms with Crippen molar-refractivity contribution < 1.29 is 18.7 Å². The molecule has 0 bridgehead atoms. The summed E-state index contributed by atoms with van der Waals surface area (Å²) in [6, 6.07) is 4.94. The fourth-order valence-electron chi connectivity index (χ4n) is 3.25. The predicted molar refractivity (Wildman–Crippen MR) is 91.1 cm³/mol. The van der Waals surface area contributed by atoms with E-state index in [9.17, 15) is 9.18 Å². The van der Waals surface area contributed by atoms with Crippen molar-refractivity contribution in [3.63, 3.8) is 0 Å². The molecule has 0 aliphatic carbocycles. The molecule has 6 heteroatoms. The second kappa shape index (κ2) is 6.59. The van der Waals surface area contributed by atoms with Gasteiger partial charge in [0.25, 0.3) is 0 Å². The van der Waals surface area contributed by atoms with E-state index >= 15 is 0 Å². The van der Waals surface area contributed by atoms with Gasteiger partial charge < -0.3 is 14.4 Å². The molecule has 5 nitrogen and oxygen atoms in total. The molecule has 0 aromatic heterocycles. The molecule has 24 heavy (non-hydrogen) atoms. The number of hydrogen-bond donors (Lipinski definition) is 0. The van der Waals surface area contributed by atoms with Crippen LogP contribution >= 0.6 is 0 Å². The van der Waals surface area contributed by atoms with Crippen molar-refractivity contribution in [2.75, 3.05) is 42.6 Å². The smallest absolute Gasteiger partial charge is 0.414 e. The van der Waals surface area contributed by atoms with Crippen LogP contribution in [0.3, 0.4) is 0 Å². The number of ether oxygens (including phenoxy) is 2. The topological polar surface area (TPSA) is 42.0 Å². The molecule has 1 amide bonds. The quantitative estimate of drug-likeness (QED) is 0.848. The van der Waals surface area contributed by atoms with E-state index in [1.54, 1.807) is 12.1 Å². The summed E-state index contributed by atoms with van der Waals surface area (Å²) >= 11 is 0. The zero-order valence-corrected chi connectivity index (χ0v) is 14.5. The normalized spacial score (nSPS) is 22.0. The molecule has 0 saturated carbocycles. The number of benzene rings is 1. The van der Waals surface area contributed by atoms with Gasteiger partial charge in [-0.2, -0.15) is 0 Å². The Labute approximate surface area is 142 Å². The van der Waals surface area contributed by atoms with Crippen molar-refractivity contribution in [2.24, 2.45) is 5.41 Å². The third kappa shape index (κ3) is 3.80. The van der Waals surface area contributed by atoms with Crippen molar-refractivity contribution in [1.82, 2.24) is 0 Å². The SMILES string of the molecule is CC(C)(C)C[C@@H]1CN(c2ccc(N3CCOCC3)c(F)c2)C(=O)O1. The van der Waals surface area contributed by atoms with E-state index in [0.717, 1.165) is 6.42 Å². The summed E-state index contributed by atoms with van der Waals surface area (Å²) < 4.78 is 25.2. The van der Waals surface area contributed by atoms with Gasteiger partial charge in [-0.25, -0.2) is 9.18 Å². The van der Waals surface area contributed by atoms with E-state index in [2.05, 4.69) is 20.8 Å². The lowest BCUT2D eigenvalue weighted by molar-refractivity contribution is 0.114. The lowest BCUT2D eigenvalue weighted by Gasteiger charge is -2.29. The van der Waals surface area contributed by atoms with Crippen molar-refractivity contribution in [3.05, 3.63) is 24.0 Å². The number of nitrogens with zero attached hydrogens (tertiary/aromatic N) is 2. The predicted octanol–water partition coefficient (Wildman–Crippen LogP) is 3.42. The Morgan fingerprint density at radius 3 is 2.58 bits per heavy atom. The highest BCUT2D eigenvalue weighted by atomic mass is 19.1. The molecule has 0 N–H and O–H groups in total. The Morgan fingerprint density at radius 1 is 1.25 bits per heavy atom. The highest BCUT2D eigenvalue weighted by Crippen LogP contribution is 2.31. The van der Waals surface area contributed by atoms with Gasteiger partial charge in [-0.05, 0) is 30.0 Å². The van der Waals surface area contributed by atoms with Crippen LogP contribution < -0.4 is 9.80 Å². The largest absolute Gasteiger partial charge is 0.444 e. The Balaban J connectivity index is 1.73. The van der Waals surface area contributed by atoms with Crippen LogP contribution in [-0.4, -0.2) is 45.0 Å². The lowest BCUT2D eigenvalue weighted by atomic mass is 9.89. The Bertz CT molecular complexity index is 609. The molecule has 1 atom stereocenters. The summed E-state index contributed by atoms with van der Waals surface area (Å²) in [5.74, 6) is -0.318. The van der Waals surface area contributed by atoms with Crippen molar-refractivity contribution in [1.29, 1.82) is 0 Å². The molecule has 2 aliphatic heterocycles. The second-order valence-electron chi connectivity index (χ2n) is 7.62. The number of morpholine rings is 1. The van der Waals surface area contributed by atoms with Gasteiger partial charge in [0.15, 0.2) is 0 Å². The van der Waals surface area contributed by atoms with Gasteiger partial charge in [0.1, 0.15) is 11.9 Å². The number of carbonyl (C=O) groups excluding carboxylic acids is 1. The summed E-state index contributed by atoms with van der Waals surface area (Å²) in [4.78, 5) is 15.6. The van der Waals surface area contributed by atoms with Gasteiger partial charge in [0, 0.05) is 13.1 Å². The number of cyclic esters (lactones) is 1. The maximum Gasteiger partial charge on any atom is 0.414 e. The minimum atomic E-state index is -0.400. The summed E-state index contributed by atoms with van der Waals surface area (Å²) in [6.45, 7) is 9.36. The van der Waals surface area contributed by atoms with E-state index in [1.807, 2.05) is 4.90 Å². The number of rotatable bonds is 3. The molecule has 1 aromatic rings. The van der Waals surface area contributed by atoms with Crippen LogP contribution in [0, 0.1) is 11.2 Å². The van der Waals surface area contributed by atoms with Crippen LogP contribution in [0.5, 0.6) is 0 Å². The summed E-state index contributed by atoms with van der Waals surface area (Å²) in [5.41, 5.74) is 1.18. The molecule has 2 fully saturated rings. The first-order valence-corrected chi connectivity index (χ1v) is 8.44. The van der Waals surface area contributed by atoms with Gasteiger partial charge in [-0.3, -0.25) is 4.90 Å². The third-order valence-corrected chi connectivity index (χ3v) is 4.31. The standard InChI is InChI=1S/C18H25FN2O3/c1-18(2,3)11-14-12-21(17(22)24-14)13-4-5-16(15(19)10-13)20-6-8-23-9-7-20/h4-5,10,14H,6-9,11-12H2,1-3H3/t14-/m1/s1. The Morgan fingerprint density at radius 2 is 1.96 bits per heavy atom. The maximum absolute atomic E-state index is 14.5. The van der Waals surface area contributed by atoms with Crippen molar-refractivity contribution >= 4 is 17.5 Å². The third-order valence-electron chi connectivity index (χ3n) is 4.31. The van der Waals surface area contributed by atoms with Crippen LogP contribution in [0.15, 0.2) is 18.2 Å². The van der Waals surface area contributed by atoms with E-state index in [-0.39, 0.29) is 17.3 Å². The fraction of sp³-hybridized carbons (Fsp3) is 0.611. The number of anilines is 2.